The lowest BCUT2D eigenvalue weighted by Gasteiger charge is -2.34. The van der Waals surface area contributed by atoms with Crippen molar-refractivity contribution in [2.75, 3.05) is 40.0 Å². The van der Waals surface area contributed by atoms with Gasteiger partial charge in [0.25, 0.3) is 0 Å². The average Bonchev–Trinajstić information content (AvgIpc) is 3.17. The van der Waals surface area contributed by atoms with Crippen LogP contribution in [0.25, 0.3) is 11.4 Å². The molecule has 0 N–H and O–H groups in total. The molecule has 140 valence electrons. The zero-order valence-electron chi connectivity index (χ0n) is 15.6. The van der Waals surface area contributed by atoms with E-state index in [2.05, 4.69) is 27.6 Å². The van der Waals surface area contributed by atoms with Gasteiger partial charge in [-0.15, -0.1) is 0 Å². The number of hydrogen-bond acceptors (Lipinski definition) is 5. The Balaban J connectivity index is 1.68. The predicted molar refractivity (Wildman–Crippen MR) is 100 cm³/mol. The van der Waals surface area contributed by atoms with Crippen LogP contribution in [-0.4, -0.2) is 54.4 Å². The number of aromatic nitrogens is 2. The van der Waals surface area contributed by atoms with Crippen molar-refractivity contribution in [2.45, 2.75) is 32.2 Å². The van der Waals surface area contributed by atoms with E-state index < -0.39 is 0 Å². The maximum atomic E-state index is 5.77. The number of imidazole rings is 1. The molecule has 1 aromatic heterocycles. The Morgan fingerprint density at radius 2 is 2.04 bits per heavy atom. The third kappa shape index (κ3) is 3.26. The summed E-state index contributed by atoms with van der Waals surface area (Å²) in [4.78, 5) is 7.21. The standard InChI is InChI=1S/C20H27N3O3/c1-3-7-22-8-4-5-15(14-22)23-9-6-21-20(23)16-12-18-19(13-17(16)24-2)26-11-10-25-18/h6,9,12-13,15H,3-5,7-8,10-11,14H2,1-2H3. The quantitative estimate of drug-likeness (QED) is 0.821. The molecule has 6 nitrogen and oxygen atoms in total. The van der Waals surface area contributed by atoms with Crippen molar-refractivity contribution in [3.05, 3.63) is 24.5 Å². The largest absolute Gasteiger partial charge is 0.496 e. The molecule has 0 spiro atoms. The fourth-order valence-electron chi connectivity index (χ4n) is 4.01. The molecule has 2 aliphatic heterocycles. The first-order valence-electron chi connectivity index (χ1n) is 9.53. The van der Waals surface area contributed by atoms with Gasteiger partial charge in [-0.05, 0) is 38.4 Å². The monoisotopic (exact) mass is 357 g/mol. The van der Waals surface area contributed by atoms with Crippen LogP contribution in [0.1, 0.15) is 32.2 Å². The molecule has 6 heteroatoms. The van der Waals surface area contributed by atoms with E-state index in [-0.39, 0.29) is 0 Å². The van der Waals surface area contributed by atoms with Crippen molar-refractivity contribution >= 4 is 0 Å². The third-order valence-electron chi connectivity index (χ3n) is 5.19. The molecule has 0 bridgehead atoms. The zero-order chi connectivity index (χ0) is 17.9. The van der Waals surface area contributed by atoms with E-state index in [4.69, 9.17) is 14.2 Å². The van der Waals surface area contributed by atoms with Crippen LogP contribution >= 0.6 is 0 Å². The van der Waals surface area contributed by atoms with Crippen LogP contribution in [-0.2, 0) is 0 Å². The van der Waals surface area contributed by atoms with Gasteiger partial charge in [0.2, 0.25) is 0 Å². The molecule has 0 radical (unpaired) electrons. The molecule has 0 aliphatic carbocycles. The molecule has 26 heavy (non-hydrogen) atoms. The minimum atomic E-state index is 0.436. The molecule has 0 amide bonds. The van der Waals surface area contributed by atoms with Crippen LogP contribution in [0.2, 0.25) is 0 Å². The van der Waals surface area contributed by atoms with Crippen molar-refractivity contribution in [3.63, 3.8) is 0 Å². The number of rotatable bonds is 5. The summed E-state index contributed by atoms with van der Waals surface area (Å²) in [7, 11) is 1.69. The number of likely N-dealkylation sites (tertiary alicyclic amines) is 1. The van der Waals surface area contributed by atoms with Crippen molar-refractivity contribution in [2.24, 2.45) is 0 Å². The van der Waals surface area contributed by atoms with E-state index >= 15 is 0 Å². The molecule has 1 fully saturated rings. The van der Waals surface area contributed by atoms with Gasteiger partial charge in [0, 0.05) is 31.0 Å². The van der Waals surface area contributed by atoms with Gasteiger partial charge < -0.3 is 23.7 Å². The van der Waals surface area contributed by atoms with Crippen LogP contribution in [0.3, 0.4) is 0 Å². The Labute approximate surface area is 154 Å². The fraction of sp³-hybridized carbons (Fsp3) is 0.550. The van der Waals surface area contributed by atoms with Crippen molar-refractivity contribution in [1.82, 2.24) is 14.5 Å². The number of fused-ring (bicyclic) bond motifs is 1. The van der Waals surface area contributed by atoms with Gasteiger partial charge in [-0.1, -0.05) is 6.92 Å². The van der Waals surface area contributed by atoms with Gasteiger partial charge >= 0.3 is 0 Å². The summed E-state index contributed by atoms with van der Waals surface area (Å²) in [6.07, 6.45) is 7.56. The number of methoxy groups -OCH3 is 1. The fourth-order valence-corrected chi connectivity index (χ4v) is 4.01. The first-order valence-corrected chi connectivity index (χ1v) is 9.53. The minimum absolute atomic E-state index is 0.436. The first-order chi connectivity index (χ1) is 12.8. The Morgan fingerprint density at radius 3 is 2.81 bits per heavy atom. The van der Waals surface area contributed by atoms with Gasteiger partial charge in [-0.25, -0.2) is 4.98 Å². The highest BCUT2D eigenvalue weighted by Gasteiger charge is 2.25. The molecular weight excluding hydrogens is 330 g/mol. The van der Waals surface area contributed by atoms with E-state index in [1.165, 1.54) is 25.8 Å². The summed E-state index contributed by atoms with van der Waals surface area (Å²) in [6, 6.07) is 4.34. The average molecular weight is 357 g/mol. The van der Waals surface area contributed by atoms with Crippen LogP contribution in [0, 0.1) is 0 Å². The summed E-state index contributed by atoms with van der Waals surface area (Å²) in [5.41, 5.74) is 0.953. The number of benzene rings is 1. The molecule has 2 aliphatic rings. The number of ether oxygens (including phenoxy) is 3. The van der Waals surface area contributed by atoms with Gasteiger partial charge in [0.1, 0.15) is 24.8 Å². The van der Waals surface area contributed by atoms with Gasteiger partial charge in [-0.3, -0.25) is 0 Å². The van der Waals surface area contributed by atoms with Crippen molar-refractivity contribution in [3.8, 4) is 28.6 Å². The topological polar surface area (TPSA) is 48.8 Å². The second-order valence-electron chi connectivity index (χ2n) is 6.95. The normalized spacial score (nSPS) is 20.2. The molecule has 2 aromatic rings. The molecule has 1 saturated heterocycles. The molecule has 1 aromatic carbocycles. The van der Waals surface area contributed by atoms with E-state index in [0.717, 1.165) is 41.7 Å². The summed E-state index contributed by atoms with van der Waals surface area (Å²) in [5.74, 6) is 3.20. The second-order valence-corrected chi connectivity index (χ2v) is 6.95. The predicted octanol–water partition coefficient (Wildman–Crippen LogP) is 3.38. The van der Waals surface area contributed by atoms with E-state index in [9.17, 15) is 0 Å². The Hall–Kier alpha value is -2.21. The highest BCUT2D eigenvalue weighted by Crippen LogP contribution is 2.41. The maximum absolute atomic E-state index is 5.77. The van der Waals surface area contributed by atoms with Crippen LogP contribution in [0.15, 0.2) is 24.5 Å². The third-order valence-corrected chi connectivity index (χ3v) is 5.19. The van der Waals surface area contributed by atoms with Crippen molar-refractivity contribution in [1.29, 1.82) is 0 Å². The number of piperidine rings is 1. The van der Waals surface area contributed by atoms with Gasteiger partial charge in [-0.2, -0.15) is 0 Å². The highest BCUT2D eigenvalue weighted by molar-refractivity contribution is 5.70. The van der Waals surface area contributed by atoms with E-state index in [1.807, 2.05) is 18.3 Å². The molecule has 1 atom stereocenters. The zero-order valence-corrected chi connectivity index (χ0v) is 15.6. The number of nitrogens with zero attached hydrogens (tertiary/aromatic N) is 3. The van der Waals surface area contributed by atoms with Crippen molar-refractivity contribution < 1.29 is 14.2 Å². The SMILES string of the molecule is CCCN1CCCC(n2ccnc2-c2cc3c(cc2OC)OCCO3)C1. The second kappa shape index (κ2) is 7.58. The smallest absolute Gasteiger partial charge is 0.165 e. The van der Waals surface area contributed by atoms with Crippen LogP contribution in [0.5, 0.6) is 17.2 Å². The van der Waals surface area contributed by atoms with E-state index in [0.29, 0.717) is 19.3 Å². The molecule has 4 rings (SSSR count). The summed E-state index contributed by atoms with van der Waals surface area (Å²) < 4.78 is 19.4. The lowest BCUT2D eigenvalue weighted by Crippen LogP contribution is -2.37. The summed E-state index contributed by atoms with van der Waals surface area (Å²) >= 11 is 0. The first kappa shape index (κ1) is 17.2. The highest BCUT2D eigenvalue weighted by atomic mass is 16.6. The molecule has 1 unspecified atom stereocenters. The van der Waals surface area contributed by atoms with Gasteiger partial charge in [0.15, 0.2) is 11.5 Å². The molecule has 0 saturated carbocycles. The van der Waals surface area contributed by atoms with E-state index in [1.54, 1.807) is 7.11 Å². The lowest BCUT2D eigenvalue weighted by molar-refractivity contribution is 0.170. The van der Waals surface area contributed by atoms with Crippen LogP contribution < -0.4 is 14.2 Å². The Bertz CT molecular complexity index is 757. The summed E-state index contributed by atoms with van der Waals surface area (Å²) in [6.45, 7) is 6.81. The lowest BCUT2D eigenvalue weighted by atomic mass is 10.0. The number of hydrogen-bond donors (Lipinski definition) is 0. The van der Waals surface area contributed by atoms with Crippen LogP contribution in [0.4, 0.5) is 0 Å². The minimum Gasteiger partial charge on any atom is -0.496 e. The molecular formula is C20H27N3O3. The Morgan fingerprint density at radius 1 is 1.23 bits per heavy atom. The molecule has 3 heterocycles. The maximum Gasteiger partial charge on any atom is 0.165 e. The Kier molecular flexibility index (Phi) is 5.02. The summed E-state index contributed by atoms with van der Waals surface area (Å²) in [5, 5.41) is 0. The van der Waals surface area contributed by atoms with Gasteiger partial charge in [0.05, 0.1) is 12.7 Å².